The van der Waals surface area contributed by atoms with Crippen LogP contribution >= 0.6 is 24.8 Å². The van der Waals surface area contributed by atoms with Crippen molar-refractivity contribution >= 4 is 30.7 Å². The van der Waals surface area contributed by atoms with Crippen LogP contribution in [-0.2, 0) is 6.54 Å². The van der Waals surface area contributed by atoms with Gasteiger partial charge in [-0.3, -0.25) is 14.7 Å². The number of carbonyl (C=O) groups excluding carboxylic acids is 1. The first kappa shape index (κ1) is 39.1. The van der Waals surface area contributed by atoms with E-state index >= 15 is 0 Å². The van der Waals surface area contributed by atoms with Gasteiger partial charge in [0.25, 0.3) is 5.91 Å². The fraction of sp³-hybridized carbons (Fsp3) is 0.351. The molecule has 1 amide bonds. The highest BCUT2D eigenvalue weighted by atomic mass is 35.5. The Morgan fingerprint density at radius 1 is 0.714 bits per heavy atom. The molecule has 4 aromatic rings. The van der Waals surface area contributed by atoms with Crippen LogP contribution in [0.2, 0.25) is 0 Å². The maximum atomic E-state index is 13.7. The fourth-order valence-corrected chi connectivity index (χ4v) is 6.13. The number of benzene rings is 3. The number of pyridine rings is 1. The molecule has 5 rings (SSSR count). The number of piperidine rings is 1. The van der Waals surface area contributed by atoms with Crippen molar-refractivity contribution in [2.45, 2.75) is 25.4 Å². The molecular formula is C37H45Cl2N3O7. The van der Waals surface area contributed by atoms with Gasteiger partial charge in [0, 0.05) is 50.0 Å². The average molecular weight is 715 g/mol. The fourth-order valence-electron chi connectivity index (χ4n) is 6.13. The molecule has 12 heteroatoms. The number of rotatable bonds is 12. The second-order valence-electron chi connectivity index (χ2n) is 11.4. The van der Waals surface area contributed by atoms with Crippen LogP contribution < -0.4 is 28.4 Å². The second kappa shape index (κ2) is 17.9. The minimum Gasteiger partial charge on any atom is -0.493 e. The number of nitrogens with zero attached hydrogens (tertiary/aromatic N) is 3. The number of likely N-dealkylation sites (tertiary alicyclic amines) is 1. The van der Waals surface area contributed by atoms with Crippen LogP contribution in [-0.4, -0.2) is 89.5 Å². The minimum atomic E-state index is 0. The van der Waals surface area contributed by atoms with Gasteiger partial charge < -0.3 is 33.3 Å². The highest BCUT2D eigenvalue weighted by molar-refractivity contribution is 5.95. The Hall–Kier alpha value is -4.38. The molecule has 0 N–H and O–H groups in total. The SMILES string of the molecule is COc1cc(-c2cccc(C(=O)N(C)C3CCN(Cc4ccnc(-c5cc(OC)c(OC)c(OC)c5)c4)CC3)c2)cc(OC)c1OC.Cl.Cl. The Morgan fingerprint density at radius 2 is 1.24 bits per heavy atom. The quantitative estimate of drug-likeness (QED) is 0.153. The summed E-state index contributed by atoms with van der Waals surface area (Å²) in [5.74, 6) is 3.37. The molecule has 0 aliphatic carbocycles. The van der Waals surface area contributed by atoms with Crippen molar-refractivity contribution in [2.75, 3.05) is 62.8 Å². The molecule has 2 heterocycles. The van der Waals surface area contributed by atoms with Crippen molar-refractivity contribution in [3.8, 4) is 56.9 Å². The summed E-state index contributed by atoms with van der Waals surface area (Å²) in [5, 5.41) is 0. The molecule has 0 atom stereocenters. The van der Waals surface area contributed by atoms with Crippen molar-refractivity contribution in [3.63, 3.8) is 0 Å². The molecule has 0 unspecified atom stereocenters. The first-order valence-corrected chi connectivity index (χ1v) is 15.5. The number of carbonyl (C=O) groups is 1. The maximum Gasteiger partial charge on any atom is 0.253 e. The van der Waals surface area contributed by atoms with Crippen molar-refractivity contribution in [1.82, 2.24) is 14.8 Å². The Kier molecular flexibility index (Phi) is 14.2. The zero-order valence-corrected chi connectivity index (χ0v) is 30.6. The lowest BCUT2D eigenvalue weighted by molar-refractivity contribution is 0.0636. The molecule has 0 radical (unpaired) electrons. The molecule has 0 saturated carbocycles. The highest BCUT2D eigenvalue weighted by Crippen LogP contribution is 2.42. The minimum absolute atomic E-state index is 0. The van der Waals surface area contributed by atoms with E-state index in [-0.39, 0.29) is 36.8 Å². The summed E-state index contributed by atoms with van der Waals surface area (Å²) in [6.45, 7) is 2.56. The van der Waals surface area contributed by atoms with Gasteiger partial charge in [-0.1, -0.05) is 12.1 Å². The van der Waals surface area contributed by atoms with Crippen LogP contribution in [0.3, 0.4) is 0 Å². The summed E-state index contributed by atoms with van der Waals surface area (Å²) in [6.07, 6.45) is 3.61. The topological polar surface area (TPSA) is 91.8 Å². The van der Waals surface area contributed by atoms with Gasteiger partial charge in [-0.2, -0.15) is 0 Å². The molecule has 1 aliphatic rings. The smallest absolute Gasteiger partial charge is 0.253 e. The lowest BCUT2D eigenvalue weighted by Crippen LogP contribution is -2.45. The molecule has 0 bridgehead atoms. The van der Waals surface area contributed by atoms with Crippen molar-refractivity contribution < 1.29 is 33.2 Å². The van der Waals surface area contributed by atoms with E-state index in [9.17, 15) is 4.79 Å². The predicted octanol–water partition coefficient (Wildman–Crippen LogP) is 7.05. The van der Waals surface area contributed by atoms with E-state index < -0.39 is 0 Å². The standard InChI is InChI=1S/C37H43N3O7.2ClH/c1-39(37(41)26-10-8-9-25(18-26)27-19-31(42-2)35(46-6)32(20-27)43-3)29-12-15-40(16-13-29)23-24-11-14-38-30(17-24)28-21-33(44-4)36(47-7)34(22-28)45-5;;/h8-11,14,17-22,29H,12-13,15-16,23H2,1-7H3;2*1H. The van der Waals surface area contributed by atoms with Crippen LogP contribution in [0.4, 0.5) is 0 Å². The summed E-state index contributed by atoms with van der Waals surface area (Å²) in [6, 6.07) is 19.6. The number of ether oxygens (including phenoxy) is 6. The summed E-state index contributed by atoms with van der Waals surface area (Å²) in [5.41, 5.74) is 5.27. The number of halogens is 2. The van der Waals surface area contributed by atoms with Gasteiger partial charge in [0.2, 0.25) is 11.5 Å². The number of methoxy groups -OCH3 is 6. The highest BCUT2D eigenvalue weighted by Gasteiger charge is 2.27. The Bertz CT molecular complexity index is 1660. The molecular weight excluding hydrogens is 669 g/mol. The molecule has 3 aromatic carbocycles. The zero-order chi connectivity index (χ0) is 33.5. The molecule has 1 aromatic heterocycles. The van der Waals surface area contributed by atoms with E-state index in [1.165, 1.54) is 0 Å². The van der Waals surface area contributed by atoms with Crippen molar-refractivity contribution in [1.29, 1.82) is 0 Å². The normalized spacial score (nSPS) is 13.0. The van der Waals surface area contributed by atoms with Crippen LogP contribution in [0, 0.1) is 0 Å². The van der Waals surface area contributed by atoms with Gasteiger partial charge in [-0.05, 0) is 78.1 Å². The van der Waals surface area contributed by atoms with Crippen LogP contribution in [0.25, 0.3) is 22.4 Å². The lowest BCUT2D eigenvalue weighted by Gasteiger charge is -2.37. The molecule has 1 aliphatic heterocycles. The van der Waals surface area contributed by atoms with E-state index in [2.05, 4.69) is 16.0 Å². The van der Waals surface area contributed by atoms with Crippen molar-refractivity contribution in [3.05, 3.63) is 78.0 Å². The third kappa shape index (κ3) is 8.62. The Labute approximate surface area is 301 Å². The predicted molar refractivity (Wildman–Crippen MR) is 196 cm³/mol. The maximum absolute atomic E-state index is 13.7. The monoisotopic (exact) mass is 713 g/mol. The Morgan fingerprint density at radius 3 is 1.76 bits per heavy atom. The van der Waals surface area contributed by atoms with Crippen LogP contribution in [0.1, 0.15) is 28.8 Å². The van der Waals surface area contributed by atoms with E-state index in [1.54, 1.807) is 42.7 Å². The summed E-state index contributed by atoms with van der Waals surface area (Å²) < 4.78 is 33.1. The summed E-state index contributed by atoms with van der Waals surface area (Å²) >= 11 is 0. The lowest BCUT2D eigenvalue weighted by atomic mass is 9.99. The van der Waals surface area contributed by atoms with E-state index in [1.807, 2.05) is 72.7 Å². The van der Waals surface area contributed by atoms with E-state index in [0.717, 1.165) is 60.4 Å². The first-order chi connectivity index (χ1) is 22.8. The molecule has 1 saturated heterocycles. The zero-order valence-electron chi connectivity index (χ0n) is 29.0. The summed E-state index contributed by atoms with van der Waals surface area (Å²) in [4.78, 5) is 22.6. The van der Waals surface area contributed by atoms with Gasteiger partial charge >= 0.3 is 0 Å². The Balaban J connectivity index is 0.00000325. The van der Waals surface area contributed by atoms with Gasteiger partial charge in [0.05, 0.1) is 48.4 Å². The number of amides is 1. The molecule has 0 spiro atoms. The third-order valence-corrected chi connectivity index (χ3v) is 8.72. The van der Waals surface area contributed by atoms with Gasteiger partial charge in [0.15, 0.2) is 23.0 Å². The summed E-state index contributed by atoms with van der Waals surface area (Å²) in [7, 11) is 11.5. The molecule has 10 nitrogen and oxygen atoms in total. The number of hydrogen-bond acceptors (Lipinski definition) is 9. The van der Waals surface area contributed by atoms with E-state index in [0.29, 0.717) is 40.1 Å². The van der Waals surface area contributed by atoms with Gasteiger partial charge in [-0.25, -0.2) is 0 Å². The average Bonchev–Trinajstić information content (AvgIpc) is 3.13. The molecule has 264 valence electrons. The van der Waals surface area contributed by atoms with Gasteiger partial charge in [-0.15, -0.1) is 24.8 Å². The number of aromatic nitrogens is 1. The third-order valence-electron chi connectivity index (χ3n) is 8.72. The first-order valence-electron chi connectivity index (χ1n) is 15.5. The number of hydrogen-bond donors (Lipinski definition) is 0. The second-order valence-corrected chi connectivity index (χ2v) is 11.4. The van der Waals surface area contributed by atoms with Gasteiger partial charge in [0.1, 0.15) is 0 Å². The van der Waals surface area contributed by atoms with Crippen LogP contribution in [0.5, 0.6) is 34.5 Å². The molecule has 1 fully saturated rings. The van der Waals surface area contributed by atoms with Crippen molar-refractivity contribution in [2.24, 2.45) is 0 Å². The van der Waals surface area contributed by atoms with E-state index in [4.69, 9.17) is 28.4 Å². The molecule has 49 heavy (non-hydrogen) atoms. The van der Waals surface area contributed by atoms with Crippen LogP contribution in [0.15, 0.2) is 66.9 Å². The largest absolute Gasteiger partial charge is 0.493 e.